The van der Waals surface area contributed by atoms with Crippen molar-refractivity contribution in [3.8, 4) is 6.07 Å². The van der Waals surface area contributed by atoms with Crippen LogP contribution in [0.2, 0.25) is 0 Å². The molecule has 1 aliphatic heterocycles. The lowest BCUT2D eigenvalue weighted by molar-refractivity contribution is 0.978. The summed E-state index contributed by atoms with van der Waals surface area (Å²) in [4.78, 5) is 8.09. The number of aromatic nitrogens is 1. The van der Waals surface area contributed by atoms with Crippen LogP contribution in [0.3, 0.4) is 0 Å². The Kier molecular flexibility index (Phi) is 1.60. The lowest BCUT2D eigenvalue weighted by atomic mass is 10.0. The molecule has 0 saturated heterocycles. The molecule has 3 nitrogen and oxygen atoms in total. The van der Waals surface area contributed by atoms with Gasteiger partial charge in [0, 0.05) is 25.0 Å². The van der Waals surface area contributed by atoms with Crippen molar-refractivity contribution >= 4 is 6.21 Å². The van der Waals surface area contributed by atoms with Gasteiger partial charge in [-0.25, -0.2) is 0 Å². The van der Waals surface area contributed by atoms with Gasteiger partial charge in [-0.1, -0.05) is 0 Å². The first kappa shape index (κ1) is 6.99. The molecule has 1 aromatic heterocycles. The van der Waals surface area contributed by atoms with Crippen molar-refractivity contribution in [3.63, 3.8) is 0 Å². The van der Waals surface area contributed by atoms with E-state index in [-0.39, 0.29) is 0 Å². The van der Waals surface area contributed by atoms with Crippen molar-refractivity contribution in [2.45, 2.75) is 13.0 Å². The Hall–Kier alpha value is -1.69. The summed E-state index contributed by atoms with van der Waals surface area (Å²) in [5, 5.41) is 8.76. The summed E-state index contributed by atoms with van der Waals surface area (Å²) in [5.41, 5.74) is 2.85. The van der Waals surface area contributed by atoms with Crippen LogP contribution in [0.4, 0.5) is 0 Å². The molecule has 0 N–H and O–H groups in total. The molecule has 0 saturated carbocycles. The predicted octanol–water partition coefficient (Wildman–Crippen LogP) is 1.08. The standard InChI is InChI=1S/C9H7N3/c10-3-7-4-12-6-8-5-11-2-1-9(7)8/h2,4,6H,1,5H2. The maximum atomic E-state index is 8.76. The Morgan fingerprint density at radius 2 is 2.33 bits per heavy atom. The van der Waals surface area contributed by atoms with Crippen molar-refractivity contribution in [1.29, 1.82) is 5.26 Å². The van der Waals surface area contributed by atoms with Gasteiger partial charge >= 0.3 is 0 Å². The molecule has 12 heavy (non-hydrogen) atoms. The summed E-state index contributed by atoms with van der Waals surface area (Å²) < 4.78 is 0. The highest BCUT2D eigenvalue weighted by Gasteiger charge is 2.09. The SMILES string of the molecule is N#Cc1cncc2c1CC=NC2. The van der Waals surface area contributed by atoms with Gasteiger partial charge in [0.25, 0.3) is 0 Å². The number of aliphatic imine (C=N–C) groups is 1. The van der Waals surface area contributed by atoms with E-state index in [1.54, 1.807) is 12.4 Å². The molecular formula is C9H7N3. The molecule has 0 unspecified atom stereocenters. The van der Waals surface area contributed by atoms with E-state index in [4.69, 9.17) is 5.26 Å². The number of hydrogen-bond acceptors (Lipinski definition) is 3. The van der Waals surface area contributed by atoms with Crippen LogP contribution in [0.25, 0.3) is 0 Å². The summed E-state index contributed by atoms with van der Waals surface area (Å²) in [6, 6.07) is 2.13. The number of hydrogen-bond donors (Lipinski definition) is 0. The topological polar surface area (TPSA) is 49.0 Å². The smallest absolute Gasteiger partial charge is 0.101 e. The lowest BCUT2D eigenvalue weighted by Gasteiger charge is -2.09. The van der Waals surface area contributed by atoms with Gasteiger partial charge in [-0.2, -0.15) is 5.26 Å². The quantitative estimate of drug-likeness (QED) is 0.565. The number of rotatable bonds is 0. The Labute approximate surface area is 70.4 Å². The van der Waals surface area contributed by atoms with E-state index in [1.807, 2.05) is 6.21 Å². The molecule has 0 bridgehead atoms. The number of nitriles is 1. The Balaban J connectivity index is 2.58. The largest absolute Gasteiger partial charge is 0.292 e. The van der Waals surface area contributed by atoms with Crippen LogP contribution < -0.4 is 0 Å². The molecule has 2 heterocycles. The summed E-state index contributed by atoms with van der Waals surface area (Å²) in [5.74, 6) is 0. The van der Waals surface area contributed by atoms with Gasteiger partial charge in [0.2, 0.25) is 0 Å². The van der Waals surface area contributed by atoms with E-state index in [9.17, 15) is 0 Å². The van der Waals surface area contributed by atoms with Crippen LogP contribution >= 0.6 is 0 Å². The minimum atomic E-state index is 0.665. The van der Waals surface area contributed by atoms with Gasteiger partial charge in [-0.15, -0.1) is 0 Å². The molecule has 3 heteroatoms. The van der Waals surface area contributed by atoms with Crippen LogP contribution in [0.15, 0.2) is 17.4 Å². The monoisotopic (exact) mass is 157 g/mol. The van der Waals surface area contributed by atoms with Crippen LogP contribution in [-0.2, 0) is 13.0 Å². The van der Waals surface area contributed by atoms with Crippen LogP contribution in [-0.4, -0.2) is 11.2 Å². The molecule has 1 aromatic rings. The summed E-state index contributed by atoms with van der Waals surface area (Å²) >= 11 is 0. The fourth-order valence-corrected chi connectivity index (χ4v) is 1.32. The van der Waals surface area contributed by atoms with Crippen LogP contribution in [0.5, 0.6) is 0 Å². The first-order chi connectivity index (χ1) is 5.92. The molecule has 58 valence electrons. The van der Waals surface area contributed by atoms with Gasteiger partial charge in [0.05, 0.1) is 12.1 Å². The molecule has 0 fully saturated rings. The second kappa shape index (κ2) is 2.74. The molecule has 0 radical (unpaired) electrons. The van der Waals surface area contributed by atoms with E-state index in [0.717, 1.165) is 17.5 Å². The minimum absolute atomic E-state index is 0.665. The fraction of sp³-hybridized carbons (Fsp3) is 0.222. The fourth-order valence-electron chi connectivity index (χ4n) is 1.32. The summed E-state index contributed by atoms with van der Waals surface area (Å²) in [7, 11) is 0. The maximum absolute atomic E-state index is 8.76. The predicted molar refractivity (Wildman–Crippen MR) is 44.9 cm³/mol. The second-order valence-electron chi connectivity index (χ2n) is 2.66. The zero-order valence-electron chi connectivity index (χ0n) is 6.49. The van der Waals surface area contributed by atoms with Gasteiger partial charge in [0.15, 0.2) is 0 Å². The zero-order chi connectivity index (χ0) is 8.39. The number of nitrogens with zero attached hydrogens (tertiary/aromatic N) is 3. The average molecular weight is 157 g/mol. The van der Waals surface area contributed by atoms with Crippen molar-refractivity contribution in [2.75, 3.05) is 0 Å². The Morgan fingerprint density at radius 3 is 3.17 bits per heavy atom. The van der Waals surface area contributed by atoms with Crippen LogP contribution in [0, 0.1) is 11.3 Å². The Bertz CT molecular complexity index is 374. The Morgan fingerprint density at radius 1 is 1.42 bits per heavy atom. The second-order valence-corrected chi connectivity index (χ2v) is 2.66. The lowest BCUT2D eigenvalue weighted by Crippen LogP contribution is -2.04. The molecule has 0 atom stereocenters. The van der Waals surface area contributed by atoms with E-state index in [1.165, 1.54) is 0 Å². The van der Waals surface area contributed by atoms with Crippen LogP contribution in [0.1, 0.15) is 16.7 Å². The van der Waals surface area contributed by atoms with Gasteiger partial charge < -0.3 is 0 Å². The first-order valence-electron chi connectivity index (χ1n) is 3.76. The normalized spacial score (nSPS) is 13.6. The van der Waals surface area contributed by atoms with Crippen molar-refractivity contribution in [1.82, 2.24) is 4.98 Å². The van der Waals surface area contributed by atoms with E-state index >= 15 is 0 Å². The molecule has 0 amide bonds. The van der Waals surface area contributed by atoms with E-state index < -0.39 is 0 Å². The maximum Gasteiger partial charge on any atom is 0.101 e. The van der Waals surface area contributed by atoms with Crippen molar-refractivity contribution in [2.24, 2.45) is 4.99 Å². The molecule has 1 aliphatic rings. The molecule has 0 aromatic carbocycles. The van der Waals surface area contributed by atoms with Gasteiger partial charge in [0.1, 0.15) is 6.07 Å². The first-order valence-corrected chi connectivity index (χ1v) is 3.76. The highest BCUT2D eigenvalue weighted by atomic mass is 14.7. The average Bonchev–Trinajstić information content (AvgIpc) is 2.17. The van der Waals surface area contributed by atoms with Gasteiger partial charge in [-0.3, -0.25) is 9.98 Å². The summed E-state index contributed by atoms with van der Waals surface area (Å²) in [6.45, 7) is 0.665. The molecule has 0 aliphatic carbocycles. The third-order valence-electron chi connectivity index (χ3n) is 1.95. The van der Waals surface area contributed by atoms with Crippen molar-refractivity contribution < 1.29 is 0 Å². The number of fused-ring (bicyclic) bond motifs is 1. The molecular weight excluding hydrogens is 150 g/mol. The van der Waals surface area contributed by atoms with Crippen molar-refractivity contribution in [3.05, 3.63) is 29.1 Å². The third-order valence-corrected chi connectivity index (χ3v) is 1.95. The van der Waals surface area contributed by atoms with E-state index in [0.29, 0.717) is 12.1 Å². The van der Waals surface area contributed by atoms with E-state index in [2.05, 4.69) is 16.0 Å². The minimum Gasteiger partial charge on any atom is -0.292 e. The molecule has 0 spiro atoms. The van der Waals surface area contributed by atoms with Gasteiger partial charge in [-0.05, 0) is 11.1 Å². The molecule has 2 rings (SSSR count). The highest BCUT2D eigenvalue weighted by Crippen LogP contribution is 2.16. The third kappa shape index (κ3) is 0.978. The highest BCUT2D eigenvalue weighted by molar-refractivity contribution is 5.66. The summed E-state index contributed by atoms with van der Waals surface area (Å²) in [6.07, 6.45) is 6.01. The number of pyridine rings is 1. The zero-order valence-corrected chi connectivity index (χ0v) is 6.49.